The molecule has 1 unspecified atom stereocenters. The molecule has 0 aliphatic heterocycles. The van der Waals surface area contributed by atoms with Gasteiger partial charge in [0.1, 0.15) is 6.79 Å². The number of ether oxygens (including phenoxy) is 2. The first-order valence-corrected chi connectivity index (χ1v) is 5.78. The molecule has 0 N–H and O–H groups in total. The zero-order valence-corrected chi connectivity index (χ0v) is 10.4. The molecule has 88 valence electrons. The molecule has 1 atom stereocenters. The molecule has 0 bridgehead atoms. The van der Waals surface area contributed by atoms with E-state index in [1.807, 2.05) is 0 Å². The Hall–Kier alpha value is -0.860. The van der Waals surface area contributed by atoms with Crippen molar-refractivity contribution >= 4 is 0 Å². The molecular weight excluding hydrogens is 200 g/mol. The third-order valence-corrected chi connectivity index (χ3v) is 3.25. The molecule has 1 aromatic carbocycles. The third-order valence-electron chi connectivity index (χ3n) is 3.25. The van der Waals surface area contributed by atoms with Crippen molar-refractivity contribution in [2.45, 2.75) is 26.7 Å². The number of fused-ring (bicyclic) bond motifs is 1. The van der Waals surface area contributed by atoms with Crippen molar-refractivity contribution in [1.29, 1.82) is 0 Å². The zero-order valence-electron chi connectivity index (χ0n) is 10.4. The lowest BCUT2D eigenvalue weighted by atomic mass is 9.88. The van der Waals surface area contributed by atoms with Gasteiger partial charge in [-0.25, -0.2) is 0 Å². The van der Waals surface area contributed by atoms with E-state index < -0.39 is 0 Å². The van der Waals surface area contributed by atoms with Crippen LogP contribution in [0.4, 0.5) is 0 Å². The molecule has 1 aliphatic carbocycles. The maximum absolute atomic E-state index is 5.51. The molecule has 2 heteroatoms. The predicted octanol–water partition coefficient (Wildman–Crippen LogP) is 2.72. The molecule has 0 fully saturated rings. The molecule has 0 saturated heterocycles. The Labute approximate surface area is 97.6 Å². The Morgan fingerprint density at radius 1 is 1.25 bits per heavy atom. The van der Waals surface area contributed by atoms with Crippen LogP contribution >= 0.6 is 0 Å². The van der Waals surface area contributed by atoms with E-state index in [0.717, 1.165) is 19.4 Å². The first-order valence-electron chi connectivity index (χ1n) is 5.78. The van der Waals surface area contributed by atoms with Gasteiger partial charge in [-0.1, -0.05) is 30.7 Å². The quantitative estimate of drug-likeness (QED) is 0.574. The van der Waals surface area contributed by atoms with Gasteiger partial charge in [0.05, 0.1) is 6.61 Å². The van der Waals surface area contributed by atoms with Gasteiger partial charge in [-0.3, -0.25) is 0 Å². The van der Waals surface area contributed by atoms with Gasteiger partial charge in [-0.15, -0.1) is 0 Å². The first-order chi connectivity index (χ1) is 7.63. The Morgan fingerprint density at radius 3 is 2.75 bits per heavy atom. The lowest BCUT2D eigenvalue weighted by Gasteiger charge is -2.22. The highest BCUT2D eigenvalue weighted by molar-refractivity contribution is 5.37. The highest BCUT2D eigenvalue weighted by Crippen LogP contribution is 2.37. The van der Waals surface area contributed by atoms with Crippen molar-refractivity contribution in [2.24, 2.45) is 5.41 Å². The molecule has 1 aliphatic rings. The monoisotopic (exact) mass is 220 g/mol. The lowest BCUT2D eigenvalue weighted by molar-refractivity contribution is -0.0594. The molecular formula is C14H20O2. The summed E-state index contributed by atoms with van der Waals surface area (Å²) in [5.41, 5.74) is 4.56. The SMILES string of the molecule is COCOCC1(C)Cc2ccc(C)cc2C1. The van der Waals surface area contributed by atoms with E-state index in [1.165, 1.54) is 16.7 Å². The molecule has 2 rings (SSSR count). The number of rotatable bonds is 4. The largest absolute Gasteiger partial charge is 0.359 e. The van der Waals surface area contributed by atoms with Crippen molar-refractivity contribution in [3.8, 4) is 0 Å². The molecule has 1 aromatic rings. The van der Waals surface area contributed by atoms with Crippen molar-refractivity contribution in [3.05, 3.63) is 34.9 Å². The number of benzene rings is 1. The zero-order chi connectivity index (χ0) is 11.6. The minimum Gasteiger partial charge on any atom is -0.359 e. The Morgan fingerprint density at radius 2 is 2.00 bits per heavy atom. The van der Waals surface area contributed by atoms with E-state index in [9.17, 15) is 0 Å². The van der Waals surface area contributed by atoms with Crippen molar-refractivity contribution in [2.75, 3.05) is 20.5 Å². The predicted molar refractivity (Wildman–Crippen MR) is 64.5 cm³/mol. The number of hydrogen-bond donors (Lipinski definition) is 0. The van der Waals surface area contributed by atoms with Crippen LogP contribution in [0.15, 0.2) is 18.2 Å². The summed E-state index contributed by atoms with van der Waals surface area (Å²) in [6.45, 7) is 5.61. The Bertz CT molecular complexity index is 373. The van der Waals surface area contributed by atoms with Crippen molar-refractivity contribution < 1.29 is 9.47 Å². The second kappa shape index (κ2) is 4.56. The fourth-order valence-electron chi connectivity index (χ4n) is 2.55. The first kappa shape index (κ1) is 11.6. The minimum absolute atomic E-state index is 0.245. The maximum atomic E-state index is 5.51. The average molecular weight is 220 g/mol. The summed E-state index contributed by atoms with van der Waals surface area (Å²) in [5, 5.41) is 0. The van der Waals surface area contributed by atoms with Crippen LogP contribution in [0.2, 0.25) is 0 Å². The normalized spacial score (nSPS) is 23.4. The van der Waals surface area contributed by atoms with Gasteiger partial charge in [0.2, 0.25) is 0 Å². The van der Waals surface area contributed by atoms with Crippen LogP contribution in [0, 0.1) is 12.3 Å². The Kier molecular flexibility index (Phi) is 3.31. The van der Waals surface area contributed by atoms with E-state index in [4.69, 9.17) is 9.47 Å². The fraction of sp³-hybridized carbons (Fsp3) is 0.571. The van der Waals surface area contributed by atoms with Gasteiger partial charge in [0.25, 0.3) is 0 Å². The van der Waals surface area contributed by atoms with Crippen LogP contribution in [-0.2, 0) is 22.3 Å². The van der Waals surface area contributed by atoms with Crippen LogP contribution in [0.5, 0.6) is 0 Å². The second-order valence-corrected chi connectivity index (χ2v) is 5.19. The summed E-state index contributed by atoms with van der Waals surface area (Å²) in [5.74, 6) is 0. The van der Waals surface area contributed by atoms with E-state index in [2.05, 4.69) is 32.0 Å². The van der Waals surface area contributed by atoms with E-state index >= 15 is 0 Å². The van der Waals surface area contributed by atoms with Crippen LogP contribution in [0.25, 0.3) is 0 Å². The fourth-order valence-corrected chi connectivity index (χ4v) is 2.55. The van der Waals surface area contributed by atoms with Gasteiger partial charge in [0.15, 0.2) is 0 Å². The summed E-state index contributed by atoms with van der Waals surface area (Å²) in [6.07, 6.45) is 2.24. The second-order valence-electron chi connectivity index (χ2n) is 5.19. The van der Waals surface area contributed by atoms with E-state index in [0.29, 0.717) is 6.79 Å². The number of hydrogen-bond acceptors (Lipinski definition) is 2. The van der Waals surface area contributed by atoms with Crippen LogP contribution in [-0.4, -0.2) is 20.5 Å². The number of aryl methyl sites for hydroxylation is 1. The van der Waals surface area contributed by atoms with Gasteiger partial charge in [-0.2, -0.15) is 0 Å². The molecule has 0 aromatic heterocycles. The summed E-state index contributed by atoms with van der Waals surface area (Å²) >= 11 is 0. The van der Waals surface area contributed by atoms with Crippen molar-refractivity contribution in [1.82, 2.24) is 0 Å². The highest BCUT2D eigenvalue weighted by atomic mass is 16.7. The van der Waals surface area contributed by atoms with Gasteiger partial charge in [0, 0.05) is 7.11 Å². The summed E-state index contributed by atoms with van der Waals surface area (Å²) in [4.78, 5) is 0. The van der Waals surface area contributed by atoms with E-state index in [-0.39, 0.29) is 5.41 Å². The van der Waals surface area contributed by atoms with Crippen LogP contribution < -0.4 is 0 Å². The summed E-state index contributed by atoms with van der Waals surface area (Å²) < 4.78 is 10.4. The lowest BCUT2D eigenvalue weighted by Crippen LogP contribution is -2.24. The standard InChI is InChI=1S/C14H20O2/c1-11-4-5-12-7-14(2,8-13(12)6-11)9-16-10-15-3/h4-6H,7-10H2,1-3H3. The van der Waals surface area contributed by atoms with Gasteiger partial charge in [-0.05, 0) is 36.3 Å². The van der Waals surface area contributed by atoms with Crippen LogP contribution in [0.3, 0.4) is 0 Å². The third kappa shape index (κ3) is 2.45. The smallest absolute Gasteiger partial charge is 0.146 e. The highest BCUT2D eigenvalue weighted by Gasteiger charge is 2.32. The maximum Gasteiger partial charge on any atom is 0.146 e. The summed E-state index contributed by atoms with van der Waals surface area (Å²) in [7, 11) is 1.66. The van der Waals surface area contributed by atoms with E-state index in [1.54, 1.807) is 7.11 Å². The molecule has 0 amide bonds. The molecule has 0 spiro atoms. The molecule has 0 radical (unpaired) electrons. The topological polar surface area (TPSA) is 18.5 Å². The summed E-state index contributed by atoms with van der Waals surface area (Å²) in [6, 6.07) is 6.75. The number of methoxy groups -OCH3 is 1. The molecule has 2 nitrogen and oxygen atoms in total. The van der Waals surface area contributed by atoms with Crippen LogP contribution in [0.1, 0.15) is 23.6 Å². The molecule has 0 heterocycles. The molecule has 16 heavy (non-hydrogen) atoms. The molecule has 0 saturated carbocycles. The van der Waals surface area contributed by atoms with Crippen molar-refractivity contribution in [3.63, 3.8) is 0 Å². The van der Waals surface area contributed by atoms with Gasteiger partial charge >= 0.3 is 0 Å². The van der Waals surface area contributed by atoms with Gasteiger partial charge < -0.3 is 9.47 Å². The Balaban J connectivity index is 2.03. The average Bonchev–Trinajstić information content (AvgIpc) is 2.54. The minimum atomic E-state index is 0.245.